The van der Waals surface area contributed by atoms with Gasteiger partial charge in [-0.25, -0.2) is 0 Å². The van der Waals surface area contributed by atoms with Crippen LogP contribution in [-0.2, 0) is 0 Å². The van der Waals surface area contributed by atoms with Crippen molar-refractivity contribution in [2.24, 2.45) is 0 Å². The smallest absolute Gasteiger partial charge is 0.0719 e. The maximum Gasteiger partial charge on any atom is 0.0719 e. The van der Waals surface area contributed by atoms with Crippen LogP contribution in [-0.4, -0.2) is 4.98 Å². The number of benzene rings is 3. The third kappa shape index (κ3) is 3.14. The highest BCUT2D eigenvalue weighted by Gasteiger charge is 2.14. The molecular formula is C27H23NS. The molecule has 1 nitrogen and oxygen atoms in total. The second kappa shape index (κ2) is 7.13. The highest BCUT2D eigenvalue weighted by molar-refractivity contribution is 7.26. The van der Waals surface area contributed by atoms with E-state index in [1.807, 2.05) is 48.7 Å². The molecule has 0 aliphatic heterocycles. The molecular weight excluding hydrogens is 370 g/mol. The lowest BCUT2D eigenvalue weighted by atomic mass is 9.98. The van der Waals surface area contributed by atoms with Crippen LogP contribution in [0.4, 0.5) is 0 Å². The lowest BCUT2D eigenvalue weighted by Gasteiger charge is -2.08. The molecule has 0 atom stereocenters. The van der Waals surface area contributed by atoms with E-state index in [0.29, 0.717) is 11.5 Å². The second-order valence-electron chi connectivity index (χ2n) is 7.68. The minimum Gasteiger partial charge on any atom is -0.256 e. The summed E-state index contributed by atoms with van der Waals surface area (Å²) in [5.41, 5.74) is 5.56. The van der Waals surface area contributed by atoms with Gasteiger partial charge in [0, 0.05) is 36.0 Å². The van der Waals surface area contributed by atoms with E-state index in [-0.39, 0.29) is 0 Å². The number of hydrogen-bond donors (Lipinski definition) is 0. The zero-order chi connectivity index (χ0) is 22.5. The van der Waals surface area contributed by atoms with Gasteiger partial charge in [0.05, 0.1) is 5.69 Å². The molecule has 0 N–H and O–H groups in total. The molecule has 0 bridgehead atoms. The average Bonchev–Trinajstić information content (AvgIpc) is 3.17. The standard InChI is InChI=1S/C27H23NS/c1-17(2)20-12-13-28-25(16-20)23-11-7-10-22-24-15-21(19-8-5-4-6-9-19)14-18(3)26(24)29-27(22)23/h4-17H,1-3H3/i3D3. The van der Waals surface area contributed by atoms with Crippen molar-refractivity contribution in [3.8, 4) is 22.4 Å². The van der Waals surface area contributed by atoms with Crippen LogP contribution in [0.25, 0.3) is 42.6 Å². The Balaban J connectivity index is 1.82. The molecule has 0 saturated heterocycles. The van der Waals surface area contributed by atoms with Crippen LogP contribution in [0.2, 0.25) is 0 Å². The molecule has 5 aromatic rings. The zero-order valence-corrected chi connectivity index (χ0v) is 17.3. The molecule has 0 aliphatic carbocycles. The van der Waals surface area contributed by atoms with Crippen molar-refractivity contribution in [2.45, 2.75) is 26.6 Å². The molecule has 2 heteroatoms. The van der Waals surface area contributed by atoms with E-state index in [1.54, 1.807) is 11.3 Å². The summed E-state index contributed by atoms with van der Waals surface area (Å²) < 4.78 is 26.5. The molecule has 0 amide bonds. The molecule has 29 heavy (non-hydrogen) atoms. The molecule has 2 aromatic heterocycles. The average molecular weight is 397 g/mol. The molecule has 0 fully saturated rings. The Morgan fingerprint density at radius 2 is 1.69 bits per heavy atom. The van der Waals surface area contributed by atoms with Crippen LogP contribution in [0.15, 0.2) is 79.0 Å². The summed E-state index contributed by atoms with van der Waals surface area (Å²) in [5.74, 6) is 0.411. The number of aryl methyl sites for hydroxylation is 1. The first-order valence-electron chi connectivity index (χ1n) is 11.3. The Kier molecular flexibility index (Phi) is 3.67. The molecule has 142 valence electrons. The molecule has 0 saturated carbocycles. The van der Waals surface area contributed by atoms with Crippen molar-refractivity contribution >= 4 is 31.5 Å². The molecule has 0 spiro atoms. The van der Waals surface area contributed by atoms with Crippen molar-refractivity contribution < 1.29 is 4.11 Å². The van der Waals surface area contributed by atoms with Gasteiger partial charge in [0.25, 0.3) is 0 Å². The first-order chi connectivity index (χ1) is 15.3. The van der Waals surface area contributed by atoms with Gasteiger partial charge in [-0.1, -0.05) is 62.4 Å². The zero-order valence-electron chi connectivity index (χ0n) is 19.4. The molecule has 0 unspecified atom stereocenters. The van der Waals surface area contributed by atoms with Crippen molar-refractivity contribution in [1.82, 2.24) is 4.98 Å². The van der Waals surface area contributed by atoms with Gasteiger partial charge < -0.3 is 0 Å². The van der Waals surface area contributed by atoms with Gasteiger partial charge in [-0.15, -0.1) is 11.3 Å². The highest BCUT2D eigenvalue weighted by Crippen LogP contribution is 2.42. The highest BCUT2D eigenvalue weighted by atomic mass is 32.1. The van der Waals surface area contributed by atoms with E-state index >= 15 is 0 Å². The maximum atomic E-state index is 8.21. The first kappa shape index (κ1) is 14.9. The van der Waals surface area contributed by atoms with E-state index in [9.17, 15) is 0 Å². The number of rotatable bonds is 3. The lowest BCUT2D eigenvalue weighted by Crippen LogP contribution is -1.90. The number of thiophene rings is 1. The predicted octanol–water partition coefficient (Wildman–Crippen LogP) is 8.22. The normalized spacial score (nSPS) is 13.6. The van der Waals surface area contributed by atoms with Crippen LogP contribution in [0.3, 0.4) is 0 Å². The minimum absolute atomic E-state index is 0.407. The SMILES string of the molecule is [2H]C([2H])([2H])c1cc(-c2ccccc2)cc2c1sc1c(-c3cc(C(C)C)ccn3)cccc12. The van der Waals surface area contributed by atoms with E-state index in [4.69, 9.17) is 4.11 Å². The van der Waals surface area contributed by atoms with Gasteiger partial charge in [0.15, 0.2) is 0 Å². The van der Waals surface area contributed by atoms with Crippen LogP contribution >= 0.6 is 11.3 Å². The predicted molar refractivity (Wildman–Crippen MR) is 127 cm³/mol. The Hall–Kier alpha value is -2.97. The molecule has 0 radical (unpaired) electrons. The van der Waals surface area contributed by atoms with E-state index < -0.39 is 6.85 Å². The van der Waals surface area contributed by atoms with E-state index in [1.165, 1.54) is 5.56 Å². The van der Waals surface area contributed by atoms with Gasteiger partial charge in [0.2, 0.25) is 0 Å². The number of hydrogen-bond acceptors (Lipinski definition) is 2. The maximum absolute atomic E-state index is 8.21. The first-order valence-corrected chi connectivity index (χ1v) is 10.7. The molecule has 2 heterocycles. The monoisotopic (exact) mass is 396 g/mol. The third-order valence-electron chi connectivity index (χ3n) is 5.43. The quantitative estimate of drug-likeness (QED) is 0.299. The van der Waals surface area contributed by atoms with Gasteiger partial charge in [-0.3, -0.25) is 4.98 Å². The Bertz CT molecular complexity index is 1430. The second-order valence-corrected chi connectivity index (χ2v) is 8.70. The van der Waals surface area contributed by atoms with Crippen molar-refractivity contribution in [1.29, 1.82) is 0 Å². The van der Waals surface area contributed by atoms with Crippen molar-refractivity contribution in [3.05, 3.63) is 90.1 Å². The Morgan fingerprint density at radius 1 is 0.828 bits per heavy atom. The summed E-state index contributed by atoms with van der Waals surface area (Å²) in [6, 6.07) is 24.3. The number of aromatic nitrogens is 1. The largest absolute Gasteiger partial charge is 0.256 e. The fraction of sp³-hybridized carbons (Fsp3) is 0.148. The Morgan fingerprint density at radius 3 is 2.48 bits per heavy atom. The third-order valence-corrected chi connectivity index (χ3v) is 6.72. The fourth-order valence-electron chi connectivity index (χ4n) is 3.85. The van der Waals surface area contributed by atoms with E-state index in [2.05, 4.69) is 49.2 Å². The van der Waals surface area contributed by atoms with Crippen LogP contribution in [0.1, 0.15) is 35.0 Å². The van der Waals surface area contributed by atoms with Crippen molar-refractivity contribution in [2.75, 3.05) is 0 Å². The topological polar surface area (TPSA) is 12.9 Å². The van der Waals surface area contributed by atoms with Crippen molar-refractivity contribution in [3.63, 3.8) is 0 Å². The fourth-order valence-corrected chi connectivity index (χ4v) is 5.07. The number of pyridine rings is 1. The summed E-state index contributed by atoms with van der Waals surface area (Å²) >= 11 is 1.55. The summed E-state index contributed by atoms with van der Waals surface area (Å²) in [4.78, 5) is 4.64. The lowest BCUT2D eigenvalue weighted by molar-refractivity contribution is 0.864. The summed E-state index contributed by atoms with van der Waals surface area (Å²) in [7, 11) is 0. The minimum atomic E-state index is -2.19. The van der Waals surface area contributed by atoms with Crippen LogP contribution in [0, 0.1) is 6.85 Å². The van der Waals surface area contributed by atoms with Crippen LogP contribution in [0.5, 0.6) is 0 Å². The molecule has 5 rings (SSSR count). The van der Waals surface area contributed by atoms with Crippen LogP contribution < -0.4 is 0 Å². The summed E-state index contributed by atoms with van der Waals surface area (Å²) in [5, 5.41) is 2.06. The molecule has 3 aromatic carbocycles. The Labute approximate surface area is 179 Å². The number of fused-ring (bicyclic) bond motifs is 3. The molecule has 0 aliphatic rings. The summed E-state index contributed by atoms with van der Waals surface area (Å²) in [6.45, 7) is 2.15. The van der Waals surface area contributed by atoms with Gasteiger partial charge >= 0.3 is 0 Å². The summed E-state index contributed by atoms with van der Waals surface area (Å²) in [6.07, 6.45) is 1.86. The van der Waals surface area contributed by atoms with Gasteiger partial charge in [-0.2, -0.15) is 0 Å². The van der Waals surface area contributed by atoms with E-state index in [0.717, 1.165) is 42.6 Å². The van der Waals surface area contributed by atoms with Gasteiger partial charge in [0.1, 0.15) is 0 Å². The number of nitrogens with zero attached hydrogens (tertiary/aromatic N) is 1. The van der Waals surface area contributed by atoms with Gasteiger partial charge in [-0.05, 0) is 59.3 Å².